The third kappa shape index (κ3) is 4.30. The van der Waals surface area contributed by atoms with Crippen LogP contribution in [-0.4, -0.2) is 66.8 Å². The Morgan fingerprint density at radius 1 is 1.20 bits per heavy atom. The highest BCUT2D eigenvalue weighted by molar-refractivity contribution is 5.68. The van der Waals surface area contributed by atoms with E-state index in [1.165, 1.54) is 32.6 Å². The number of hydrogen-bond donors (Lipinski definition) is 1. The quantitative estimate of drug-likeness (QED) is 0.849. The van der Waals surface area contributed by atoms with E-state index in [1.54, 1.807) is 0 Å². The predicted octanol–water partition coefficient (Wildman–Crippen LogP) is 2.95. The standard InChI is InChI=1S/C20H37N3O2/c1-15(2)17(23-13-20(14-23)8-9-21-12-20)16-6-10-22(11-7-16)18(24)25-19(3,4)5/h15-17,21H,6-14H2,1-5H3/t17-/m1/s1. The summed E-state index contributed by atoms with van der Waals surface area (Å²) in [6, 6.07) is 0.659. The van der Waals surface area contributed by atoms with Crippen molar-refractivity contribution in [1.29, 1.82) is 0 Å². The van der Waals surface area contributed by atoms with E-state index in [9.17, 15) is 4.79 Å². The molecule has 3 rings (SSSR count). The molecule has 0 bridgehead atoms. The number of ether oxygens (including phenoxy) is 1. The van der Waals surface area contributed by atoms with E-state index in [0.717, 1.165) is 25.9 Å². The van der Waals surface area contributed by atoms with Crippen LogP contribution in [0.15, 0.2) is 0 Å². The Morgan fingerprint density at radius 2 is 1.84 bits per heavy atom. The number of carbonyl (C=O) groups excluding carboxylic acids is 1. The number of piperidine rings is 1. The minimum absolute atomic E-state index is 0.146. The fourth-order valence-electron chi connectivity index (χ4n) is 5.11. The molecule has 0 aromatic rings. The van der Waals surface area contributed by atoms with Crippen molar-refractivity contribution < 1.29 is 9.53 Å². The van der Waals surface area contributed by atoms with Crippen LogP contribution >= 0.6 is 0 Å². The van der Waals surface area contributed by atoms with Crippen LogP contribution in [0.2, 0.25) is 0 Å². The van der Waals surface area contributed by atoms with Gasteiger partial charge in [0.1, 0.15) is 5.60 Å². The average Bonchev–Trinajstić information content (AvgIpc) is 2.95. The third-order valence-corrected chi connectivity index (χ3v) is 6.19. The van der Waals surface area contributed by atoms with Crippen molar-refractivity contribution >= 4 is 6.09 Å². The lowest BCUT2D eigenvalue weighted by Gasteiger charge is -2.55. The highest BCUT2D eigenvalue weighted by Gasteiger charge is 2.49. The fourth-order valence-corrected chi connectivity index (χ4v) is 5.11. The molecule has 3 fully saturated rings. The molecule has 0 aliphatic carbocycles. The Hall–Kier alpha value is -0.810. The molecule has 3 saturated heterocycles. The van der Waals surface area contributed by atoms with Crippen molar-refractivity contribution in [2.24, 2.45) is 17.3 Å². The highest BCUT2D eigenvalue weighted by atomic mass is 16.6. The van der Waals surface area contributed by atoms with Gasteiger partial charge >= 0.3 is 6.09 Å². The van der Waals surface area contributed by atoms with Gasteiger partial charge in [0.05, 0.1) is 0 Å². The smallest absolute Gasteiger partial charge is 0.410 e. The van der Waals surface area contributed by atoms with E-state index in [1.807, 2.05) is 25.7 Å². The maximum atomic E-state index is 12.3. The summed E-state index contributed by atoms with van der Waals surface area (Å²) in [4.78, 5) is 16.9. The molecule has 3 aliphatic heterocycles. The molecular weight excluding hydrogens is 314 g/mol. The second kappa shape index (κ2) is 7.07. The Labute approximate surface area is 153 Å². The van der Waals surface area contributed by atoms with Crippen LogP contribution in [0.25, 0.3) is 0 Å². The maximum absolute atomic E-state index is 12.3. The highest BCUT2D eigenvalue weighted by Crippen LogP contribution is 2.41. The first kappa shape index (κ1) is 19.0. The molecule has 0 unspecified atom stereocenters. The van der Waals surface area contributed by atoms with E-state index in [0.29, 0.717) is 23.3 Å². The van der Waals surface area contributed by atoms with Gasteiger partial charge in [-0.1, -0.05) is 13.8 Å². The van der Waals surface area contributed by atoms with Crippen molar-refractivity contribution in [2.75, 3.05) is 39.3 Å². The van der Waals surface area contributed by atoms with Crippen molar-refractivity contribution in [3.63, 3.8) is 0 Å². The monoisotopic (exact) mass is 351 g/mol. The van der Waals surface area contributed by atoms with E-state index in [-0.39, 0.29) is 6.09 Å². The van der Waals surface area contributed by atoms with Gasteiger partial charge in [0, 0.05) is 44.2 Å². The minimum Gasteiger partial charge on any atom is -0.444 e. The van der Waals surface area contributed by atoms with Gasteiger partial charge in [-0.15, -0.1) is 0 Å². The summed E-state index contributed by atoms with van der Waals surface area (Å²) in [6.45, 7) is 17.1. The normalized spacial score (nSPS) is 26.1. The van der Waals surface area contributed by atoms with E-state index >= 15 is 0 Å². The Morgan fingerprint density at radius 3 is 2.32 bits per heavy atom. The second-order valence-electron chi connectivity index (χ2n) is 9.87. The SMILES string of the molecule is CC(C)[C@H](C1CCN(C(=O)OC(C)(C)C)CC1)N1CC2(CCNC2)C1. The molecule has 0 saturated carbocycles. The number of hydrogen-bond acceptors (Lipinski definition) is 4. The van der Waals surface area contributed by atoms with Gasteiger partial charge in [-0.2, -0.15) is 0 Å². The molecule has 5 nitrogen and oxygen atoms in total. The molecule has 0 radical (unpaired) electrons. The first-order valence-corrected chi connectivity index (χ1v) is 10.1. The minimum atomic E-state index is -0.407. The molecule has 5 heteroatoms. The van der Waals surface area contributed by atoms with Crippen molar-refractivity contribution in [3.8, 4) is 0 Å². The Kier molecular flexibility index (Phi) is 5.36. The van der Waals surface area contributed by atoms with E-state index < -0.39 is 5.60 Å². The summed E-state index contributed by atoms with van der Waals surface area (Å²) >= 11 is 0. The van der Waals surface area contributed by atoms with Crippen LogP contribution in [0.3, 0.4) is 0 Å². The fraction of sp³-hybridized carbons (Fsp3) is 0.950. The van der Waals surface area contributed by atoms with Gasteiger partial charge in [-0.3, -0.25) is 4.90 Å². The number of likely N-dealkylation sites (tertiary alicyclic amines) is 2. The third-order valence-electron chi connectivity index (χ3n) is 6.19. The summed E-state index contributed by atoms with van der Waals surface area (Å²) in [5.41, 5.74) is 0.153. The van der Waals surface area contributed by atoms with Crippen LogP contribution in [0, 0.1) is 17.3 Å². The van der Waals surface area contributed by atoms with Gasteiger partial charge < -0.3 is 15.0 Å². The lowest BCUT2D eigenvalue weighted by molar-refractivity contribution is -0.0618. The topological polar surface area (TPSA) is 44.8 Å². The second-order valence-corrected chi connectivity index (χ2v) is 9.87. The first-order chi connectivity index (χ1) is 11.7. The molecule has 0 aromatic carbocycles. The zero-order chi connectivity index (χ0) is 18.2. The number of amides is 1. The van der Waals surface area contributed by atoms with Crippen molar-refractivity contribution in [1.82, 2.24) is 15.1 Å². The van der Waals surface area contributed by atoms with E-state index in [4.69, 9.17) is 4.74 Å². The van der Waals surface area contributed by atoms with Crippen LogP contribution < -0.4 is 5.32 Å². The number of nitrogens with one attached hydrogen (secondary N) is 1. The molecule has 1 N–H and O–H groups in total. The number of rotatable bonds is 3. The molecule has 1 spiro atoms. The summed E-state index contributed by atoms with van der Waals surface area (Å²) in [7, 11) is 0. The molecule has 144 valence electrons. The summed E-state index contributed by atoms with van der Waals surface area (Å²) < 4.78 is 5.53. The zero-order valence-corrected chi connectivity index (χ0v) is 16.8. The summed E-state index contributed by atoms with van der Waals surface area (Å²) in [5.74, 6) is 1.37. The van der Waals surface area contributed by atoms with Crippen LogP contribution in [-0.2, 0) is 4.74 Å². The van der Waals surface area contributed by atoms with Gasteiger partial charge in [0.15, 0.2) is 0 Å². The largest absolute Gasteiger partial charge is 0.444 e. The van der Waals surface area contributed by atoms with Crippen LogP contribution in [0.5, 0.6) is 0 Å². The lowest BCUT2D eigenvalue weighted by Crippen LogP contribution is -2.64. The first-order valence-electron chi connectivity index (χ1n) is 10.1. The maximum Gasteiger partial charge on any atom is 0.410 e. The van der Waals surface area contributed by atoms with Crippen LogP contribution in [0.1, 0.15) is 53.9 Å². The molecule has 0 aromatic heterocycles. The molecule has 3 heterocycles. The van der Waals surface area contributed by atoms with Crippen molar-refractivity contribution in [2.45, 2.75) is 65.5 Å². The molecular formula is C20H37N3O2. The predicted molar refractivity (Wildman–Crippen MR) is 101 cm³/mol. The molecule has 3 aliphatic rings. The lowest BCUT2D eigenvalue weighted by atomic mass is 9.73. The van der Waals surface area contributed by atoms with E-state index in [2.05, 4.69) is 24.1 Å². The summed E-state index contributed by atoms with van der Waals surface area (Å²) in [5, 5.41) is 3.54. The van der Waals surface area contributed by atoms with Gasteiger partial charge in [-0.25, -0.2) is 4.79 Å². The number of carbonyl (C=O) groups is 1. The average molecular weight is 352 g/mol. The zero-order valence-electron chi connectivity index (χ0n) is 16.8. The Bertz CT molecular complexity index is 464. The van der Waals surface area contributed by atoms with Gasteiger partial charge in [0.2, 0.25) is 0 Å². The van der Waals surface area contributed by atoms with Crippen molar-refractivity contribution in [3.05, 3.63) is 0 Å². The Balaban J connectivity index is 1.52. The molecule has 1 amide bonds. The van der Waals surface area contributed by atoms with Crippen LogP contribution in [0.4, 0.5) is 4.79 Å². The summed E-state index contributed by atoms with van der Waals surface area (Å²) in [6.07, 6.45) is 3.39. The molecule has 1 atom stereocenters. The number of nitrogens with zero attached hydrogens (tertiary/aromatic N) is 2. The molecule has 25 heavy (non-hydrogen) atoms. The van der Waals surface area contributed by atoms with Gasteiger partial charge in [-0.05, 0) is 58.4 Å². The van der Waals surface area contributed by atoms with Gasteiger partial charge in [0.25, 0.3) is 0 Å².